The van der Waals surface area contributed by atoms with Crippen molar-refractivity contribution in [2.75, 3.05) is 6.26 Å². The van der Waals surface area contributed by atoms with Crippen LogP contribution in [-0.4, -0.2) is 20.8 Å². The van der Waals surface area contributed by atoms with Gasteiger partial charge in [-0.3, -0.25) is 4.18 Å². The lowest BCUT2D eigenvalue weighted by Gasteiger charge is -2.39. The van der Waals surface area contributed by atoms with Crippen molar-refractivity contribution in [1.82, 2.24) is 0 Å². The second-order valence-electron chi connectivity index (χ2n) is 6.79. The molecule has 0 aromatic carbocycles. The van der Waals surface area contributed by atoms with Crippen LogP contribution in [0.1, 0.15) is 19.8 Å². The van der Waals surface area contributed by atoms with Gasteiger partial charge in [0.25, 0.3) is 10.1 Å². The second kappa shape index (κ2) is 3.40. The highest BCUT2D eigenvalue weighted by Gasteiger charge is 2.64. The van der Waals surface area contributed by atoms with Crippen LogP contribution in [0.2, 0.25) is 0 Å². The third kappa shape index (κ3) is 1.36. The Kier molecular flexibility index (Phi) is 2.17. The highest BCUT2D eigenvalue weighted by molar-refractivity contribution is 7.86. The first-order valence-electron chi connectivity index (χ1n) is 7.02. The molecule has 4 bridgehead atoms. The largest absolute Gasteiger partial charge is 0.266 e. The van der Waals surface area contributed by atoms with E-state index in [0.717, 1.165) is 11.8 Å². The number of fused-ring (bicyclic) bond motifs is 9. The standard InChI is InChI=1S/C14H20O3S/c1-7-10-6-11(14(7)17-18(2,15)16)13-9-4-3-8(5-9)12(10)13/h3-4,7-14H,5-6H2,1-2H3. The van der Waals surface area contributed by atoms with Crippen molar-refractivity contribution in [2.45, 2.75) is 25.9 Å². The second-order valence-corrected chi connectivity index (χ2v) is 8.39. The van der Waals surface area contributed by atoms with Crippen LogP contribution in [0.5, 0.6) is 0 Å². The Balaban J connectivity index is 1.66. The maximum atomic E-state index is 11.4. The Morgan fingerprint density at radius 1 is 1.06 bits per heavy atom. The Labute approximate surface area is 109 Å². The van der Waals surface area contributed by atoms with E-state index in [0.29, 0.717) is 29.6 Å². The van der Waals surface area contributed by atoms with Gasteiger partial charge in [-0.15, -0.1) is 0 Å². The number of allylic oxidation sites excluding steroid dienone is 2. The molecule has 0 amide bonds. The monoisotopic (exact) mass is 268 g/mol. The van der Waals surface area contributed by atoms with Crippen molar-refractivity contribution in [3.05, 3.63) is 12.2 Å². The molecule has 4 aliphatic rings. The average Bonchev–Trinajstić information content (AvgIpc) is 2.96. The molecule has 4 aliphatic carbocycles. The molecule has 0 radical (unpaired) electrons. The zero-order valence-electron chi connectivity index (χ0n) is 10.8. The summed E-state index contributed by atoms with van der Waals surface area (Å²) in [5.74, 6) is 4.56. The molecule has 100 valence electrons. The lowest BCUT2D eigenvalue weighted by atomic mass is 9.69. The molecule has 0 aliphatic heterocycles. The average molecular weight is 268 g/mol. The van der Waals surface area contributed by atoms with Gasteiger partial charge in [0.15, 0.2) is 0 Å². The summed E-state index contributed by atoms with van der Waals surface area (Å²) >= 11 is 0. The summed E-state index contributed by atoms with van der Waals surface area (Å²) in [6.07, 6.45) is 8.40. The molecule has 0 N–H and O–H groups in total. The van der Waals surface area contributed by atoms with E-state index in [2.05, 4.69) is 19.1 Å². The Morgan fingerprint density at radius 3 is 2.28 bits per heavy atom. The third-order valence-electron chi connectivity index (χ3n) is 6.02. The van der Waals surface area contributed by atoms with Gasteiger partial charge in [0, 0.05) is 0 Å². The molecule has 4 rings (SSSR count). The van der Waals surface area contributed by atoms with Crippen LogP contribution in [0.25, 0.3) is 0 Å². The van der Waals surface area contributed by atoms with Gasteiger partial charge in [-0.1, -0.05) is 19.1 Å². The van der Waals surface area contributed by atoms with Gasteiger partial charge in [-0.25, -0.2) is 0 Å². The summed E-state index contributed by atoms with van der Waals surface area (Å²) in [6.45, 7) is 2.19. The predicted molar refractivity (Wildman–Crippen MR) is 68.2 cm³/mol. The fraction of sp³-hybridized carbons (Fsp3) is 0.857. The van der Waals surface area contributed by atoms with E-state index in [4.69, 9.17) is 4.18 Å². The van der Waals surface area contributed by atoms with Gasteiger partial charge in [0.1, 0.15) is 0 Å². The molecule has 3 fully saturated rings. The predicted octanol–water partition coefficient (Wildman–Crippen LogP) is 2.06. The van der Waals surface area contributed by atoms with Crippen molar-refractivity contribution < 1.29 is 12.6 Å². The molecule has 0 aromatic heterocycles. The van der Waals surface area contributed by atoms with Gasteiger partial charge < -0.3 is 0 Å². The molecular weight excluding hydrogens is 248 g/mol. The van der Waals surface area contributed by atoms with Crippen LogP contribution in [0.4, 0.5) is 0 Å². The zero-order valence-corrected chi connectivity index (χ0v) is 11.6. The van der Waals surface area contributed by atoms with Gasteiger partial charge in [0.2, 0.25) is 0 Å². The summed E-state index contributed by atoms with van der Waals surface area (Å²) in [6, 6.07) is 0. The smallest absolute Gasteiger partial charge is 0.264 e. The van der Waals surface area contributed by atoms with Crippen molar-refractivity contribution >= 4 is 10.1 Å². The molecule has 8 unspecified atom stereocenters. The number of hydrogen-bond acceptors (Lipinski definition) is 3. The highest BCUT2D eigenvalue weighted by Crippen LogP contribution is 2.67. The minimum atomic E-state index is -3.32. The molecular formula is C14H20O3S. The molecule has 4 heteroatoms. The van der Waals surface area contributed by atoms with Crippen molar-refractivity contribution in [1.29, 1.82) is 0 Å². The fourth-order valence-electron chi connectivity index (χ4n) is 5.65. The van der Waals surface area contributed by atoms with Crippen LogP contribution in [-0.2, 0) is 14.3 Å². The molecule has 3 nitrogen and oxygen atoms in total. The topological polar surface area (TPSA) is 43.4 Å². The Hall–Kier alpha value is -0.350. The quantitative estimate of drug-likeness (QED) is 0.437. The molecule has 3 saturated carbocycles. The van der Waals surface area contributed by atoms with Gasteiger partial charge in [-0.05, 0) is 54.3 Å². The summed E-state index contributed by atoms with van der Waals surface area (Å²) in [4.78, 5) is 0. The first-order valence-corrected chi connectivity index (χ1v) is 8.84. The van der Waals surface area contributed by atoms with Gasteiger partial charge in [-0.2, -0.15) is 8.42 Å². The van der Waals surface area contributed by atoms with Crippen LogP contribution in [0, 0.1) is 41.4 Å². The van der Waals surface area contributed by atoms with Crippen LogP contribution < -0.4 is 0 Å². The third-order valence-corrected chi connectivity index (χ3v) is 6.59. The minimum absolute atomic E-state index is 0.0565. The van der Waals surface area contributed by atoms with Gasteiger partial charge in [0.05, 0.1) is 12.4 Å². The number of rotatable bonds is 2. The van der Waals surface area contributed by atoms with E-state index < -0.39 is 10.1 Å². The van der Waals surface area contributed by atoms with Crippen molar-refractivity contribution in [3.63, 3.8) is 0 Å². The number of hydrogen-bond donors (Lipinski definition) is 0. The van der Waals surface area contributed by atoms with E-state index in [1.54, 1.807) is 0 Å². The SMILES string of the molecule is CC1C2CC(C1OS(C)(=O)=O)C1C3C=CC(C3)C21. The van der Waals surface area contributed by atoms with E-state index in [-0.39, 0.29) is 6.10 Å². The maximum Gasteiger partial charge on any atom is 0.264 e. The molecule has 0 saturated heterocycles. The Bertz CT molecular complexity index is 509. The minimum Gasteiger partial charge on any atom is -0.266 e. The maximum absolute atomic E-state index is 11.4. The normalized spacial score (nSPS) is 56.3. The van der Waals surface area contributed by atoms with E-state index in [1.165, 1.54) is 19.1 Å². The molecule has 0 heterocycles. The van der Waals surface area contributed by atoms with E-state index >= 15 is 0 Å². The summed E-state index contributed by atoms with van der Waals surface area (Å²) in [7, 11) is -3.32. The van der Waals surface area contributed by atoms with Gasteiger partial charge >= 0.3 is 0 Å². The molecule has 0 spiro atoms. The lowest BCUT2D eigenvalue weighted by molar-refractivity contribution is 0.0287. The van der Waals surface area contributed by atoms with Crippen LogP contribution >= 0.6 is 0 Å². The highest BCUT2D eigenvalue weighted by atomic mass is 32.2. The van der Waals surface area contributed by atoms with Crippen LogP contribution in [0.3, 0.4) is 0 Å². The van der Waals surface area contributed by atoms with Crippen molar-refractivity contribution in [2.24, 2.45) is 41.4 Å². The van der Waals surface area contributed by atoms with E-state index in [1.807, 2.05) is 0 Å². The van der Waals surface area contributed by atoms with Crippen molar-refractivity contribution in [3.8, 4) is 0 Å². The molecule has 18 heavy (non-hydrogen) atoms. The first kappa shape index (κ1) is 11.5. The fourth-order valence-corrected chi connectivity index (χ4v) is 6.37. The van der Waals surface area contributed by atoms with Crippen LogP contribution in [0.15, 0.2) is 12.2 Å². The molecule has 0 aromatic rings. The zero-order chi connectivity index (χ0) is 12.7. The summed E-state index contributed by atoms with van der Waals surface area (Å²) in [5, 5.41) is 0. The molecule has 8 atom stereocenters. The summed E-state index contributed by atoms with van der Waals surface area (Å²) in [5.41, 5.74) is 0. The Morgan fingerprint density at radius 2 is 1.67 bits per heavy atom. The first-order chi connectivity index (χ1) is 8.46. The van der Waals surface area contributed by atoms with E-state index in [9.17, 15) is 8.42 Å². The lowest BCUT2D eigenvalue weighted by Crippen LogP contribution is -2.41. The summed E-state index contributed by atoms with van der Waals surface area (Å²) < 4.78 is 28.3.